The normalized spacial score (nSPS) is 21.0. The van der Waals surface area contributed by atoms with Gasteiger partial charge in [0.15, 0.2) is 5.13 Å². The van der Waals surface area contributed by atoms with Crippen LogP contribution in [0, 0.1) is 0 Å². The van der Waals surface area contributed by atoms with Gasteiger partial charge in [-0.3, -0.25) is 4.90 Å². The molecule has 2 atom stereocenters. The summed E-state index contributed by atoms with van der Waals surface area (Å²) in [6, 6.07) is 11.5. The number of benzene rings is 2. The maximum absolute atomic E-state index is 12.2. The van der Waals surface area contributed by atoms with Gasteiger partial charge in [0.05, 0.1) is 38.6 Å². The van der Waals surface area contributed by atoms with Crippen LogP contribution >= 0.6 is 34.5 Å². The average molecular weight is 555 g/mol. The zero-order valence-corrected chi connectivity index (χ0v) is 22.4. The van der Waals surface area contributed by atoms with Crippen molar-refractivity contribution < 1.29 is 14.1 Å². The van der Waals surface area contributed by atoms with Crippen molar-refractivity contribution in [3.8, 4) is 11.3 Å². The first-order chi connectivity index (χ1) is 18.0. The largest absolute Gasteiger partial charge is 0.462 e. The second-order valence-electron chi connectivity index (χ2n) is 9.85. The van der Waals surface area contributed by atoms with Crippen LogP contribution in [0.15, 0.2) is 40.9 Å². The van der Waals surface area contributed by atoms with Crippen LogP contribution in [0.25, 0.3) is 21.5 Å². The Hall–Kier alpha value is -2.65. The fourth-order valence-electron chi connectivity index (χ4n) is 5.54. The van der Waals surface area contributed by atoms with Gasteiger partial charge in [-0.1, -0.05) is 45.8 Å². The predicted octanol–water partition coefficient (Wildman–Crippen LogP) is 6.73. The minimum atomic E-state index is -0.302. The molecule has 190 valence electrons. The van der Waals surface area contributed by atoms with Crippen LogP contribution in [0.5, 0.6) is 0 Å². The first-order valence-corrected chi connectivity index (χ1v) is 14.1. The lowest BCUT2D eigenvalue weighted by Gasteiger charge is -2.41. The Morgan fingerprint density at radius 3 is 2.78 bits per heavy atom. The summed E-state index contributed by atoms with van der Waals surface area (Å²) in [7, 11) is 0. The number of halogens is 2. The van der Waals surface area contributed by atoms with Gasteiger partial charge >= 0.3 is 5.97 Å². The number of aromatic nitrogens is 2. The fourth-order valence-corrected chi connectivity index (χ4v) is 7.24. The summed E-state index contributed by atoms with van der Waals surface area (Å²) in [5.74, 6) is 1.08. The molecule has 3 saturated heterocycles. The van der Waals surface area contributed by atoms with E-state index in [2.05, 4.69) is 15.0 Å². The molecular weight excluding hydrogens is 531 g/mol. The molecule has 10 heteroatoms. The zero-order valence-electron chi connectivity index (χ0n) is 20.1. The Morgan fingerprint density at radius 2 is 2.03 bits per heavy atom. The summed E-state index contributed by atoms with van der Waals surface area (Å²) < 4.78 is 12.0. The number of carbonyl (C=O) groups is 1. The van der Waals surface area contributed by atoms with Crippen molar-refractivity contribution in [1.29, 1.82) is 0 Å². The molecule has 37 heavy (non-hydrogen) atoms. The van der Waals surface area contributed by atoms with E-state index in [4.69, 9.17) is 37.4 Å². The number of carbonyl (C=O) groups excluding carboxylic acids is 1. The van der Waals surface area contributed by atoms with Gasteiger partial charge in [0.1, 0.15) is 11.5 Å². The molecule has 2 unspecified atom stereocenters. The van der Waals surface area contributed by atoms with Crippen molar-refractivity contribution in [2.75, 3.05) is 18.1 Å². The molecule has 4 fully saturated rings. The topological polar surface area (TPSA) is 71.7 Å². The van der Waals surface area contributed by atoms with E-state index in [9.17, 15) is 4.79 Å². The molecule has 0 radical (unpaired) electrons. The van der Waals surface area contributed by atoms with E-state index in [0.29, 0.717) is 34.2 Å². The molecule has 5 heterocycles. The molecule has 1 saturated carbocycles. The lowest BCUT2D eigenvalue weighted by atomic mass is 10.0. The zero-order chi connectivity index (χ0) is 25.3. The van der Waals surface area contributed by atoms with Gasteiger partial charge in [-0.25, -0.2) is 9.78 Å². The Morgan fingerprint density at radius 1 is 1.22 bits per heavy atom. The number of ether oxygens (including phenoxy) is 1. The molecule has 0 spiro atoms. The predicted molar refractivity (Wildman–Crippen MR) is 145 cm³/mol. The molecule has 4 aromatic rings. The van der Waals surface area contributed by atoms with Crippen LogP contribution in [-0.4, -0.2) is 46.4 Å². The van der Waals surface area contributed by atoms with Crippen molar-refractivity contribution in [2.24, 2.45) is 0 Å². The van der Waals surface area contributed by atoms with Crippen LogP contribution in [0.2, 0.25) is 10.0 Å². The Balaban J connectivity index is 1.17. The number of esters is 1. The van der Waals surface area contributed by atoms with Gasteiger partial charge in [0.2, 0.25) is 0 Å². The Kier molecular flexibility index (Phi) is 5.69. The van der Waals surface area contributed by atoms with Gasteiger partial charge in [0.25, 0.3) is 0 Å². The minimum absolute atomic E-state index is 0.256. The molecule has 2 aromatic heterocycles. The lowest BCUT2D eigenvalue weighted by molar-refractivity contribution is 0.0526. The first kappa shape index (κ1) is 23.5. The molecule has 4 aliphatic rings. The number of fused-ring (bicyclic) bond motifs is 2. The highest BCUT2D eigenvalue weighted by atomic mass is 35.5. The third-order valence-corrected chi connectivity index (χ3v) is 9.16. The van der Waals surface area contributed by atoms with Crippen molar-refractivity contribution in [2.45, 2.75) is 50.9 Å². The van der Waals surface area contributed by atoms with E-state index in [1.165, 1.54) is 0 Å². The molecule has 2 bridgehead atoms. The van der Waals surface area contributed by atoms with E-state index in [1.54, 1.807) is 17.4 Å². The highest BCUT2D eigenvalue weighted by Gasteiger charge is 2.51. The van der Waals surface area contributed by atoms with Crippen LogP contribution in [0.4, 0.5) is 5.13 Å². The third kappa shape index (κ3) is 3.93. The Bertz CT molecular complexity index is 1510. The monoisotopic (exact) mass is 554 g/mol. The number of nitrogens with zero attached hydrogens (tertiary/aromatic N) is 4. The quantitative estimate of drug-likeness (QED) is 0.234. The number of rotatable bonds is 7. The number of anilines is 1. The summed E-state index contributed by atoms with van der Waals surface area (Å²) in [4.78, 5) is 22.0. The van der Waals surface area contributed by atoms with E-state index < -0.39 is 0 Å². The second-order valence-corrected chi connectivity index (χ2v) is 11.7. The maximum Gasteiger partial charge on any atom is 0.338 e. The number of hydrogen-bond acceptors (Lipinski definition) is 8. The van der Waals surface area contributed by atoms with Crippen LogP contribution in [0.1, 0.15) is 53.8 Å². The van der Waals surface area contributed by atoms with E-state index >= 15 is 0 Å². The molecule has 8 rings (SSSR count). The van der Waals surface area contributed by atoms with Gasteiger partial charge in [0, 0.05) is 42.6 Å². The summed E-state index contributed by atoms with van der Waals surface area (Å²) >= 11 is 14.7. The third-order valence-electron chi connectivity index (χ3n) is 7.50. The molecular formula is C27H24Cl2N4O3S. The van der Waals surface area contributed by atoms with Crippen molar-refractivity contribution in [3.63, 3.8) is 0 Å². The van der Waals surface area contributed by atoms with Gasteiger partial charge in [-0.15, -0.1) is 0 Å². The van der Waals surface area contributed by atoms with Gasteiger partial charge in [-0.05, 0) is 50.1 Å². The minimum Gasteiger partial charge on any atom is -0.462 e. The van der Waals surface area contributed by atoms with E-state index in [-0.39, 0.29) is 12.1 Å². The van der Waals surface area contributed by atoms with E-state index in [0.717, 1.165) is 70.3 Å². The molecule has 7 nitrogen and oxygen atoms in total. The standard InChI is InChI=1S/C27H24Cl2N4O3S/c1-2-35-26(34)15-8-9-20-21(10-15)37-27(30-20)33-16-11-22(33)32(12-16)13-17-24(31-36-25(17)14-6-7-14)23-18(28)4-3-5-19(23)29/h3-5,8-10,14,16,22H,2,6-7,11-13H2,1H3. The molecule has 0 amide bonds. The van der Waals surface area contributed by atoms with E-state index in [1.807, 2.05) is 37.3 Å². The van der Waals surface area contributed by atoms with Crippen LogP contribution in [0.3, 0.4) is 0 Å². The summed E-state index contributed by atoms with van der Waals surface area (Å²) in [5, 5.41) is 6.60. The smallest absolute Gasteiger partial charge is 0.338 e. The highest BCUT2D eigenvalue weighted by Crippen LogP contribution is 2.49. The molecule has 0 N–H and O–H groups in total. The van der Waals surface area contributed by atoms with Gasteiger partial charge < -0.3 is 14.2 Å². The lowest BCUT2D eigenvalue weighted by Crippen LogP contribution is -2.52. The Labute approximate surface area is 227 Å². The SMILES string of the molecule is CCOC(=O)c1ccc2nc(N3C4CC3N(Cc3c(-c5c(Cl)cccc5Cl)noc3C3CC3)C4)sc2c1. The maximum atomic E-state index is 12.2. The van der Waals surface area contributed by atoms with Crippen LogP contribution in [-0.2, 0) is 11.3 Å². The molecule has 2 aromatic carbocycles. The summed E-state index contributed by atoms with van der Waals surface area (Å²) in [6.07, 6.45) is 3.59. The van der Waals surface area contributed by atoms with Gasteiger partial charge in [-0.2, -0.15) is 0 Å². The average Bonchev–Trinajstić information content (AvgIpc) is 3.17. The number of hydrogen-bond donors (Lipinski definition) is 0. The number of thiazole rings is 1. The van der Waals surface area contributed by atoms with Crippen molar-refractivity contribution in [3.05, 3.63) is 63.3 Å². The summed E-state index contributed by atoms with van der Waals surface area (Å²) in [5.41, 5.74) is 4.04. The second kappa shape index (κ2) is 8.98. The van der Waals surface area contributed by atoms with Crippen molar-refractivity contribution >= 4 is 55.9 Å². The van der Waals surface area contributed by atoms with Crippen LogP contribution < -0.4 is 4.90 Å². The summed E-state index contributed by atoms with van der Waals surface area (Å²) in [6.45, 7) is 3.84. The van der Waals surface area contributed by atoms with Crippen molar-refractivity contribution in [1.82, 2.24) is 15.0 Å². The molecule has 1 aliphatic carbocycles. The molecule has 3 aliphatic heterocycles. The highest BCUT2D eigenvalue weighted by molar-refractivity contribution is 7.22. The fraction of sp³-hybridized carbons (Fsp3) is 0.370. The first-order valence-electron chi connectivity index (χ1n) is 12.5.